The van der Waals surface area contributed by atoms with Gasteiger partial charge in [-0.2, -0.15) is 0 Å². The zero-order valence-corrected chi connectivity index (χ0v) is 28.3. The third kappa shape index (κ3) is 7.93. The number of aromatic nitrogens is 1. The van der Waals surface area contributed by atoms with Crippen molar-refractivity contribution in [3.8, 4) is 11.5 Å². The van der Waals surface area contributed by atoms with E-state index in [0.29, 0.717) is 47.4 Å². The molecule has 5 rings (SSSR count). The number of fused-ring (bicyclic) bond motifs is 1. The second-order valence-electron chi connectivity index (χ2n) is 12.6. The summed E-state index contributed by atoms with van der Waals surface area (Å²) in [5.74, 6) is 2.42. The first-order chi connectivity index (χ1) is 22.2. The fourth-order valence-corrected chi connectivity index (χ4v) is 6.71. The molecule has 10 heteroatoms. The number of pyridine rings is 1. The Balaban J connectivity index is 1.33. The molecule has 2 heterocycles. The van der Waals surface area contributed by atoms with Crippen molar-refractivity contribution in [2.75, 3.05) is 43.6 Å². The Morgan fingerprint density at radius 2 is 1.83 bits per heavy atom. The minimum absolute atomic E-state index is 0.0427. The molecule has 1 fully saturated rings. The first-order valence-electron chi connectivity index (χ1n) is 16.3. The highest BCUT2D eigenvalue weighted by Gasteiger charge is 2.37. The lowest BCUT2D eigenvalue weighted by molar-refractivity contribution is -0.120. The normalized spacial score (nSPS) is 19.5. The van der Waals surface area contributed by atoms with E-state index in [4.69, 9.17) is 26.1 Å². The van der Waals surface area contributed by atoms with Crippen molar-refractivity contribution in [2.45, 2.75) is 71.1 Å². The second-order valence-corrected chi connectivity index (χ2v) is 13.0. The van der Waals surface area contributed by atoms with Crippen LogP contribution in [-0.4, -0.2) is 62.7 Å². The van der Waals surface area contributed by atoms with Crippen LogP contribution in [0.2, 0.25) is 5.02 Å². The number of carbonyl (C=O) groups excluding carboxylic acids is 2. The van der Waals surface area contributed by atoms with Crippen molar-refractivity contribution in [3.05, 3.63) is 76.4 Å². The van der Waals surface area contributed by atoms with Crippen molar-refractivity contribution >= 4 is 34.9 Å². The fraction of sp³-hybridized carbons (Fsp3) is 0.472. The van der Waals surface area contributed by atoms with Crippen LogP contribution in [0.15, 0.2) is 54.7 Å². The van der Waals surface area contributed by atoms with Crippen molar-refractivity contribution < 1.29 is 19.1 Å². The van der Waals surface area contributed by atoms with E-state index in [1.807, 2.05) is 75.5 Å². The molecule has 246 valence electrons. The Kier molecular flexibility index (Phi) is 11.1. The lowest BCUT2D eigenvalue weighted by Gasteiger charge is -2.37. The number of likely N-dealkylation sites (N-methyl/N-ethyl adjacent to an activating group) is 1. The molecule has 46 heavy (non-hydrogen) atoms. The number of halogens is 1. The summed E-state index contributed by atoms with van der Waals surface area (Å²) in [5.41, 5.74) is 3.81. The Morgan fingerprint density at radius 1 is 1.09 bits per heavy atom. The number of hydrogen-bond donors (Lipinski definition) is 2. The van der Waals surface area contributed by atoms with Crippen molar-refractivity contribution in [1.82, 2.24) is 15.6 Å². The minimum Gasteiger partial charge on any atom is -0.493 e. The Bertz CT molecular complexity index is 1490. The Hall–Kier alpha value is -3.82. The molecule has 1 saturated carbocycles. The summed E-state index contributed by atoms with van der Waals surface area (Å²) in [6, 6.07) is 15.5. The number of hydrogen-bond acceptors (Lipinski definition) is 7. The lowest BCUT2D eigenvalue weighted by Crippen LogP contribution is -2.42. The van der Waals surface area contributed by atoms with Gasteiger partial charge in [0, 0.05) is 31.2 Å². The summed E-state index contributed by atoms with van der Waals surface area (Å²) < 4.78 is 11.8. The molecule has 0 bridgehead atoms. The molecule has 2 amide bonds. The van der Waals surface area contributed by atoms with Crippen LogP contribution in [0, 0.1) is 5.92 Å². The molecule has 1 atom stereocenters. The number of methoxy groups -OCH3 is 1. The number of anilines is 2. The van der Waals surface area contributed by atoms with E-state index < -0.39 is 6.04 Å². The van der Waals surface area contributed by atoms with Crippen LogP contribution in [-0.2, 0) is 16.0 Å². The lowest BCUT2D eigenvalue weighted by atomic mass is 9.85. The van der Waals surface area contributed by atoms with Crippen LogP contribution >= 0.6 is 11.6 Å². The molecule has 0 saturated heterocycles. The number of nitrogens with one attached hydrogen (secondary N) is 2. The molecule has 1 aromatic heterocycles. The van der Waals surface area contributed by atoms with Gasteiger partial charge >= 0.3 is 0 Å². The van der Waals surface area contributed by atoms with Gasteiger partial charge in [0.05, 0.1) is 44.1 Å². The maximum Gasteiger partial charge on any atom is 0.233 e. The molecule has 9 nitrogen and oxygen atoms in total. The zero-order chi connectivity index (χ0) is 32.8. The van der Waals surface area contributed by atoms with Crippen LogP contribution in [0.25, 0.3) is 0 Å². The van der Waals surface area contributed by atoms with E-state index in [9.17, 15) is 9.59 Å². The molecule has 0 radical (unpaired) electrons. The number of nitrogens with zero attached hydrogens (tertiary/aromatic N) is 3. The maximum atomic E-state index is 13.8. The SMILES string of the molecule is CCNC(=O)CNC1CCC(CN(C)c2ccc(N3C(=O)Cc4cc(OC)c(OC(C)C)cc4[C@@H]3c3ccc(Cl)cc3)nc2)CC1. The van der Waals surface area contributed by atoms with Crippen molar-refractivity contribution in [1.29, 1.82) is 0 Å². The predicted molar refractivity (Wildman–Crippen MR) is 183 cm³/mol. The predicted octanol–water partition coefficient (Wildman–Crippen LogP) is 5.93. The Labute approximate surface area is 277 Å². The van der Waals surface area contributed by atoms with Gasteiger partial charge in [-0.1, -0.05) is 23.7 Å². The van der Waals surface area contributed by atoms with Crippen LogP contribution in [0.4, 0.5) is 11.5 Å². The first kappa shape index (κ1) is 33.5. The van der Waals surface area contributed by atoms with Gasteiger partial charge in [0.2, 0.25) is 11.8 Å². The monoisotopic (exact) mass is 647 g/mol. The highest BCUT2D eigenvalue weighted by atomic mass is 35.5. The third-order valence-electron chi connectivity index (χ3n) is 8.86. The van der Waals surface area contributed by atoms with Crippen LogP contribution < -0.4 is 29.9 Å². The number of benzene rings is 2. The zero-order valence-electron chi connectivity index (χ0n) is 27.5. The molecular formula is C36H46ClN5O4. The molecule has 1 aliphatic carbocycles. The molecule has 0 unspecified atom stereocenters. The quantitative estimate of drug-likeness (QED) is 0.252. The van der Waals surface area contributed by atoms with Crippen LogP contribution in [0.1, 0.15) is 69.2 Å². The Morgan fingerprint density at radius 3 is 2.46 bits per heavy atom. The summed E-state index contributed by atoms with van der Waals surface area (Å²) in [6.45, 7) is 7.86. The van der Waals surface area contributed by atoms with Gasteiger partial charge in [0.1, 0.15) is 5.82 Å². The van der Waals surface area contributed by atoms with E-state index >= 15 is 0 Å². The van der Waals surface area contributed by atoms with E-state index in [1.165, 1.54) is 0 Å². The average Bonchev–Trinajstić information content (AvgIpc) is 3.04. The smallest absolute Gasteiger partial charge is 0.233 e. The van der Waals surface area contributed by atoms with Crippen molar-refractivity contribution in [3.63, 3.8) is 0 Å². The third-order valence-corrected chi connectivity index (χ3v) is 9.11. The molecule has 0 spiro atoms. The first-order valence-corrected chi connectivity index (χ1v) is 16.7. The summed E-state index contributed by atoms with van der Waals surface area (Å²) >= 11 is 6.26. The fourth-order valence-electron chi connectivity index (χ4n) is 6.58. The van der Waals surface area contributed by atoms with Gasteiger partial charge in [0.15, 0.2) is 11.5 Å². The van der Waals surface area contributed by atoms with Gasteiger partial charge < -0.3 is 25.0 Å². The standard InChI is InChI=1S/C36H46ClN5O4/c1-6-38-34(43)21-39-28-13-7-24(8-14-28)22-41(4)29-15-16-33(40-20-29)42-35(44)18-26-17-31(45-5)32(46-23(2)3)19-30(26)36(42)25-9-11-27(37)12-10-25/h9-12,15-17,19-20,23-24,28,36,39H,6-8,13-14,18,21-22H2,1-5H3,(H,38,43)/t24?,28?,36-/m0/s1. The average molecular weight is 648 g/mol. The minimum atomic E-state index is -0.415. The highest BCUT2D eigenvalue weighted by molar-refractivity contribution is 6.30. The highest BCUT2D eigenvalue weighted by Crippen LogP contribution is 2.43. The molecular weight excluding hydrogens is 602 g/mol. The van der Waals surface area contributed by atoms with Gasteiger partial charge in [-0.25, -0.2) is 4.98 Å². The molecule has 3 aromatic rings. The molecule has 2 aromatic carbocycles. The van der Waals surface area contributed by atoms with Gasteiger partial charge in [-0.3, -0.25) is 14.5 Å². The molecule has 2 aliphatic rings. The second kappa shape index (κ2) is 15.2. The topological polar surface area (TPSA) is 96.0 Å². The number of carbonyl (C=O) groups is 2. The summed E-state index contributed by atoms with van der Waals surface area (Å²) in [5, 5.41) is 6.88. The number of ether oxygens (including phenoxy) is 2. The van der Waals surface area contributed by atoms with E-state index in [2.05, 4.69) is 22.6 Å². The van der Waals surface area contributed by atoms with E-state index in [1.54, 1.807) is 12.0 Å². The number of amides is 2. The maximum absolute atomic E-state index is 13.8. The van der Waals surface area contributed by atoms with E-state index in [-0.39, 0.29) is 24.3 Å². The van der Waals surface area contributed by atoms with Gasteiger partial charge in [-0.05, 0) is 105 Å². The van der Waals surface area contributed by atoms with Crippen molar-refractivity contribution in [2.24, 2.45) is 5.92 Å². The van der Waals surface area contributed by atoms with Crippen LogP contribution in [0.5, 0.6) is 11.5 Å². The molecule has 2 N–H and O–H groups in total. The summed E-state index contributed by atoms with van der Waals surface area (Å²) in [4.78, 5) is 34.5. The van der Waals surface area contributed by atoms with Crippen LogP contribution in [0.3, 0.4) is 0 Å². The van der Waals surface area contributed by atoms with Gasteiger partial charge in [-0.15, -0.1) is 0 Å². The largest absolute Gasteiger partial charge is 0.493 e. The summed E-state index contributed by atoms with van der Waals surface area (Å²) in [7, 11) is 3.71. The van der Waals surface area contributed by atoms with Gasteiger partial charge in [0.25, 0.3) is 0 Å². The number of rotatable bonds is 12. The summed E-state index contributed by atoms with van der Waals surface area (Å²) in [6.07, 6.45) is 6.39. The molecule has 1 aliphatic heterocycles. The van der Waals surface area contributed by atoms with E-state index in [0.717, 1.165) is 54.6 Å².